The van der Waals surface area contributed by atoms with Crippen molar-refractivity contribution in [1.82, 2.24) is 24.4 Å². The summed E-state index contributed by atoms with van der Waals surface area (Å²) >= 11 is 0. The number of anilines is 1. The fourth-order valence-corrected chi connectivity index (χ4v) is 3.19. The molecule has 0 bridgehead atoms. The summed E-state index contributed by atoms with van der Waals surface area (Å²) in [5.74, 6) is 0.844. The van der Waals surface area contributed by atoms with E-state index >= 15 is 0 Å². The molecule has 138 valence electrons. The Balaban J connectivity index is 1.51. The standard InChI is InChI=1S/C21H18N6O/c1-2-14-4-8-16(9-5-14)27-19(12-18(25-27)15-6-7-15)24-21(28)17-13-23-26-11-3-10-22-20(17)26/h2-5,8-13,15H,1,6-7H2,(H,24,28). The minimum Gasteiger partial charge on any atom is -0.306 e. The zero-order valence-electron chi connectivity index (χ0n) is 15.1. The molecule has 1 aliphatic rings. The number of carbonyl (C=O) groups excluding carboxylic acids is 1. The highest BCUT2D eigenvalue weighted by molar-refractivity contribution is 6.07. The van der Waals surface area contributed by atoms with Crippen LogP contribution in [0.1, 0.15) is 40.4 Å². The molecule has 1 amide bonds. The second kappa shape index (κ2) is 6.45. The second-order valence-corrected chi connectivity index (χ2v) is 6.84. The van der Waals surface area contributed by atoms with Crippen LogP contribution in [0.4, 0.5) is 5.82 Å². The Morgan fingerprint density at radius 1 is 1.25 bits per heavy atom. The van der Waals surface area contributed by atoms with Crippen molar-refractivity contribution in [2.45, 2.75) is 18.8 Å². The van der Waals surface area contributed by atoms with Crippen molar-refractivity contribution in [3.8, 4) is 5.69 Å². The average molecular weight is 370 g/mol. The first-order valence-corrected chi connectivity index (χ1v) is 9.15. The van der Waals surface area contributed by atoms with Crippen LogP contribution in [0.25, 0.3) is 17.4 Å². The summed E-state index contributed by atoms with van der Waals surface area (Å²) in [6.07, 6.45) is 9.00. The predicted molar refractivity (Wildman–Crippen MR) is 107 cm³/mol. The summed E-state index contributed by atoms with van der Waals surface area (Å²) in [6.45, 7) is 3.79. The average Bonchev–Trinajstić information content (AvgIpc) is 3.36. The van der Waals surface area contributed by atoms with E-state index in [1.54, 1.807) is 33.7 Å². The first kappa shape index (κ1) is 16.4. The van der Waals surface area contributed by atoms with Crippen molar-refractivity contribution in [1.29, 1.82) is 0 Å². The molecular weight excluding hydrogens is 352 g/mol. The molecule has 1 aliphatic carbocycles. The highest BCUT2D eigenvalue weighted by Gasteiger charge is 2.28. The van der Waals surface area contributed by atoms with Gasteiger partial charge in [-0.05, 0) is 36.6 Å². The van der Waals surface area contributed by atoms with Gasteiger partial charge in [0.25, 0.3) is 5.91 Å². The van der Waals surface area contributed by atoms with Gasteiger partial charge >= 0.3 is 0 Å². The van der Waals surface area contributed by atoms with E-state index in [0.717, 1.165) is 29.8 Å². The number of rotatable bonds is 5. The lowest BCUT2D eigenvalue weighted by Gasteiger charge is -2.09. The Morgan fingerprint density at radius 3 is 2.82 bits per heavy atom. The molecule has 7 nitrogen and oxygen atoms in total. The monoisotopic (exact) mass is 370 g/mol. The first-order chi connectivity index (χ1) is 13.7. The van der Waals surface area contributed by atoms with Crippen LogP contribution in [-0.4, -0.2) is 30.3 Å². The van der Waals surface area contributed by atoms with Crippen molar-refractivity contribution in [2.75, 3.05) is 5.32 Å². The normalized spacial score (nSPS) is 13.6. The van der Waals surface area contributed by atoms with Gasteiger partial charge in [-0.1, -0.05) is 24.8 Å². The summed E-state index contributed by atoms with van der Waals surface area (Å²) in [6, 6.07) is 11.6. The maximum Gasteiger partial charge on any atom is 0.262 e. The number of benzene rings is 1. The molecular formula is C21H18N6O. The third kappa shape index (κ3) is 2.87. The number of nitrogens with zero attached hydrogens (tertiary/aromatic N) is 5. The van der Waals surface area contributed by atoms with Crippen molar-refractivity contribution in [2.24, 2.45) is 0 Å². The third-order valence-electron chi connectivity index (χ3n) is 4.86. The molecule has 1 saturated carbocycles. The van der Waals surface area contributed by atoms with Crippen molar-refractivity contribution in [3.05, 3.63) is 78.4 Å². The number of nitrogens with one attached hydrogen (secondary N) is 1. The van der Waals surface area contributed by atoms with Gasteiger partial charge < -0.3 is 5.32 Å². The lowest BCUT2D eigenvalue weighted by Crippen LogP contribution is -2.15. The highest BCUT2D eigenvalue weighted by atomic mass is 16.1. The zero-order chi connectivity index (χ0) is 19.1. The molecule has 1 N–H and O–H groups in total. The summed E-state index contributed by atoms with van der Waals surface area (Å²) in [7, 11) is 0. The number of fused-ring (bicyclic) bond motifs is 1. The number of hydrogen-bond acceptors (Lipinski definition) is 4. The van der Waals surface area contributed by atoms with E-state index in [1.807, 2.05) is 30.3 Å². The molecule has 5 rings (SSSR count). The molecule has 7 heteroatoms. The zero-order valence-corrected chi connectivity index (χ0v) is 15.1. The van der Waals surface area contributed by atoms with E-state index in [9.17, 15) is 4.79 Å². The molecule has 0 spiro atoms. The first-order valence-electron chi connectivity index (χ1n) is 9.15. The Hall–Kier alpha value is -3.74. The maximum atomic E-state index is 12.9. The largest absolute Gasteiger partial charge is 0.306 e. The molecule has 1 aromatic carbocycles. The molecule has 0 unspecified atom stereocenters. The van der Waals surface area contributed by atoms with E-state index in [-0.39, 0.29) is 5.91 Å². The van der Waals surface area contributed by atoms with Crippen LogP contribution in [0, 0.1) is 0 Å². The fraction of sp³-hybridized carbons (Fsp3) is 0.143. The van der Waals surface area contributed by atoms with Crippen molar-refractivity contribution >= 4 is 23.4 Å². The molecule has 4 aromatic rings. The number of aromatic nitrogens is 5. The molecule has 0 radical (unpaired) electrons. The minimum absolute atomic E-state index is 0.264. The highest BCUT2D eigenvalue weighted by Crippen LogP contribution is 2.40. The molecule has 3 heterocycles. The molecule has 28 heavy (non-hydrogen) atoms. The van der Waals surface area contributed by atoms with E-state index in [0.29, 0.717) is 22.9 Å². The predicted octanol–water partition coefficient (Wildman–Crippen LogP) is 3.69. The van der Waals surface area contributed by atoms with Gasteiger partial charge in [-0.25, -0.2) is 14.2 Å². The SMILES string of the molecule is C=Cc1ccc(-n2nc(C3CC3)cc2NC(=O)c2cnn3cccnc23)cc1. The minimum atomic E-state index is -0.264. The van der Waals surface area contributed by atoms with Gasteiger partial charge in [-0.15, -0.1) is 0 Å². The molecule has 0 atom stereocenters. The van der Waals surface area contributed by atoms with E-state index in [2.05, 4.69) is 22.0 Å². The molecule has 0 aliphatic heterocycles. The molecule has 3 aromatic heterocycles. The van der Waals surface area contributed by atoms with Crippen LogP contribution in [0.5, 0.6) is 0 Å². The van der Waals surface area contributed by atoms with E-state index in [4.69, 9.17) is 5.10 Å². The summed E-state index contributed by atoms with van der Waals surface area (Å²) < 4.78 is 3.35. The van der Waals surface area contributed by atoms with Gasteiger partial charge in [-0.3, -0.25) is 4.79 Å². The number of hydrogen-bond donors (Lipinski definition) is 1. The van der Waals surface area contributed by atoms with E-state index < -0.39 is 0 Å². The number of carbonyl (C=O) groups is 1. The van der Waals surface area contributed by atoms with E-state index in [1.165, 1.54) is 6.20 Å². The van der Waals surface area contributed by atoms with Gasteiger partial charge in [0, 0.05) is 24.4 Å². The van der Waals surface area contributed by atoms with Gasteiger partial charge in [-0.2, -0.15) is 10.2 Å². The quantitative estimate of drug-likeness (QED) is 0.581. The smallest absolute Gasteiger partial charge is 0.262 e. The lowest BCUT2D eigenvalue weighted by atomic mass is 10.2. The van der Waals surface area contributed by atoms with Gasteiger partial charge in [0.2, 0.25) is 0 Å². The lowest BCUT2D eigenvalue weighted by molar-refractivity contribution is 0.102. The van der Waals surface area contributed by atoms with Gasteiger partial charge in [0.05, 0.1) is 17.6 Å². The summed E-state index contributed by atoms with van der Waals surface area (Å²) in [5, 5.41) is 11.9. The maximum absolute atomic E-state index is 12.9. The Kier molecular flexibility index (Phi) is 3.79. The third-order valence-corrected chi connectivity index (χ3v) is 4.86. The van der Waals surface area contributed by atoms with Crippen molar-refractivity contribution in [3.63, 3.8) is 0 Å². The Morgan fingerprint density at radius 2 is 2.07 bits per heavy atom. The van der Waals surface area contributed by atoms with Crippen LogP contribution >= 0.6 is 0 Å². The molecule has 1 fully saturated rings. The van der Waals surface area contributed by atoms with Gasteiger partial charge in [0.1, 0.15) is 11.4 Å². The Bertz CT molecular complexity index is 1180. The summed E-state index contributed by atoms with van der Waals surface area (Å²) in [5.41, 5.74) is 3.85. The van der Waals surface area contributed by atoms with Crippen LogP contribution < -0.4 is 5.32 Å². The Labute approximate surface area is 161 Å². The van der Waals surface area contributed by atoms with Crippen molar-refractivity contribution < 1.29 is 4.79 Å². The number of amides is 1. The van der Waals surface area contributed by atoms with Crippen LogP contribution in [0.3, 0.4) is 0 Å². The van der Waals surface area contributed by atoms with Crippen LogP contribution in [0.15, 0.2) is 61.6 Å². The fourth-order valence-electron chi connectivity index (χ4n) is 3.19. The van der Waals surface area contributed by atoms with Crippen LogP contribution in [0.2, 0.25) is 0 Å². The second-order valence-electron chi connectivity index (χ2n) is 6.84. The molecule has 0 saturated heterocycles. The van der Waals surface area contributed by atoms with Gasteiger partial charge in [0.15, 0.2) is 5.65 Å². The van der Waals surface area contributed by atoms with Crippen LogP contribution in [-0.2, 0) is 0 Å². The summed E-state index contributed by atoms with van der Waals surface area (Å²) in [4.78, 5) is 17.2. The topological polar surface area (TPSA) is 77.1 Å².